The normalized spacial score (nSPS) is 16.2. The topological polar surface area (TPSA) is 17.0 Å². The molecule has 0 saturated carbocycles. The van der Waals surface area contributed by atoms with Crippen LogP contribution >= 0.6 is 0 Å². The second-order valence-corrected chi connectivity index (χ2v) is 6.79. The molecule has 2 heteroatoms. The molecule has 0 bridgehead atoms. The van der Waals surface area contributed by atoms with Gasteiger partial charge in [0.15, 0.2) is 0 Å². The number of nitrogens with one attached hydrogen (secondary N) is 1. The van der Waals surface area contributed by atoms with Crippen molar-refractivity contribution in [1.29, 1.82) is 0 Å². The van der Waals surface area contributed by atoms with E-state index in [1.54, 1.807) is 0 Å². The molecule has 1 aromatic heterocycles. The van der Waals surface area contributed by atoms with Gasteiger partial charge < -0.3 is 9.88 Å². The van der Waals surface area contributed by atoms with Gasteiger partial charge in [-0.05, 0) is 35.9 Å². The highest BCUT2D eigenvalue weighted by atomic mass is 15.0. The standard InChI is InChI=1S/C25H20N2/c1-18-9-3-2-8-16-26-23-15-14-19(17-22(18)23)27-24-12-6-4-10-20(24)21-11-5-7-13-25(21)27/h2-15,17,26H,1,16H2/b8-2-,9-3-. The van der Waals surface area contributed by atoms with E-state index < -0.39 is 0 Å². The van der Waals surface area contributed by atoms with Crippen molar-refractivity contribution in [2.45, 2.75) is 0 Å². The van der Waals surface area contributed by atoms with Crippen LogP contribution in [0.15, 0.2) is 97.6 Å². The fraction of sp³-hybridized carbons (Fsp3) is 0.0400. The molecule has 0 radical (unpaired) electrons. The Hall–Kier alpha value is -3.52. The molecule has 0 atom stereocenters. The van der Waals surface area contributed by atoms with E-state index in [4.69, 9.17) is 0 Å². The Labute approximate surface area is 158 Å². The average molecular weight is 348 g/mol. The van der Waals surface area contributed by atoms with E-state index >= 15 is 0 Å². The van der Waals surface area contributed by atoms with Gasteiger partial charge in [-0.1, -0.05) is 67.3 Å². The smallest absolute Gasteiger partial charge is 0.0541 e. The van der Waals surface area contributed by atoms with E-state index in [2.05, 4.69) is 101 Å². The molecule has 1 aliphatic heterocycles. The minimum atomic E-state index is 0.805. The second kappa shape index (κ2) is 6.33. The number of fused-ring (bicyclic) bond motifs is 4. The lowest BCUT2D eigenvalue weighted by molar-refractivity contribution is 1.17. The summed E-state index contributed by atoms with van der Waals surface area (Å²) in [6, 6.07) is 23.8. The molecule has 5 rings (SSSR count). The summed E-state index contributed by atoms with van der Waals surface area (Å²) < 4.78 is 2.34. The highest BCUT2D eigenvalue weighted by Crippen LogP contribution is 2.34. The van der Waals surface area contributed by atoms with Gasteiger partial charge in [0.2, 0.25) is 0 Å². The quantitative estimate of drug-likeness (QED) is 0.425. The number of allylic oxidation sites excluding steroid dienone is 4. The molecule has 4 aromatic rings. The number of rotatable bonds is 1. The number of benzene rings is 3. The van der Waals surface area contributed by atoms with Crippen molar-refractivity contribution in [2.75, 3.05) is 11.9 Å². The Balaban J connectivity index is 1.78. The molecular weight excluding hydrogens is 328 g/mol. The van der Waals surface area contributed by atoms with Gasteiger partial charge in [0.05, 0.1) is 11.0 Å². The first-order chi connectivity index (χ1) is 13.3. The first kappa shape index (κ1) is 15.7. The molecular formula is C25H20N2. The van der Waals surface area contributed by atoms with Crippen LogP contribution in [-0.4, -0.2) is 11.1 Å². The minimum Gasteiger partial charge on any atom is -0.381 e. The van der Waals surface area contributed by atoms with Gasteiger partial charge in [0, 0.05) is 34.3 Å². The Bertz CT molecular complexity index is 1180. The van der Waals surface area contributed by atoms with Gasteiger partial charge in [-0.2, -0.15) is 0 Å². The number of hydrogen-bond donors (Lipinski definition) is 1. The Morgan fingerprint density at radius 2 is 1.52 bits per heavy atom. The van der Waals surface area contributed by atoms with Crippen LogP contribution in [0.25, 0.3) is 33.1 Å². The van der Waals surface area contributed by atoms with Crippen LogP contribution in [0, 0.1) is 0 Å². The SMILES string of the molecule is C=C1/C=C\C=C/CNc2ccc(-n3c4ccccc4c4ccccc43)cc21. The molecule has 1 aliphatic rings. The van der Waals surface area contributed by atoms with Crippen LogP contribution in [0.2, 0.25) is 0 Å². The van der Waals surface area contributed by atoms with Gasteiger partial charge in [-0.15, -0.1) is 0 Å². The summed E-state index contributed by atoms with van der Waals surface area (Å²) in [5, 5.41) is 6.04. The predicted molar refractivity (Wildman–Crippen MR) is 117 cm³/mol. The molecule has 0 fully saturated rings. The highest BCUT2D eigenvalue weighted by molar-refractivity contribution is 6.09. The monoisotopic (exact) mass is 348 g/mol. The van der Waals surface area contributed by atoms with Gasteiger partial charge in [-0.3, -0.25) is 0 Å². The van der Waals surface area contributed by atoms with E-state index in [9.17, 15) is 0 Å². The fourth-order valence-electron chi connectivity index (χ4n) is 3.87. The number of nitrogens with zero attached hydrogens (tertiary/aromatic N) is 1. The number of anilines is 1. The van der Waals surface area contributed by atoms with Crippen LogP contribution in [0.1, 0.15) is 5.56 Å². The van der Waals surface area contributed by atoms with Gasteiger partial charge in [0.25, 0.3) is 0 Å². The van der Waals surface area contributed by atoms with Gasteiger partial charge in [-0.25, -0.2) is 0 Å². The van der Waals surface area contributed by atoms with Crippen LogP contribution in [0.4, 0.5) is 5.69 Å². The van der Waals surface area contributed by atoms with Crippen LogP contribution in [-0.2, 0) is 0 Å². The zero-order valence-corrected chi connectivity index (χ0v) is 15.0. The molecule has 130 valence electrons. The van der Waals surface area contributed by atoms with E-state index in [-0.39, 0.29) is 0 Å². The summed E-state index contributed by atoms with van der Waals surface area (Å²) in [4.78, 5) is 0. The van der Waals surface area contributed by atoms with Crippen molar-refractivity contribution >= 4 is 33.1 Å². The van der Waals surface area contributed by atoms with E-state index in [0.29, 0.717) is 0 Å². The molecule has 0 amide bonds. The Kier molecular flexibility index (Phi) is 3.68. The van der Waals surface area contributed by atoms with Crippen molar-refractivity contribution in [3.8, 4) is 5.69 Å². The number of para-hydroxylation sites is 2. The molecule has 0 saturated heterocycles. The molecule has 1 N–H and O–H groups in total. The third-order valence-electron chi connectivity index (χ3n) is 5.14. The summed E-state index contributed by atoms with van der Waals surface area (Å²) in [6.45, 7) is 5.08. The molecule has 0 spiro atoms. The maximum Gasteiger partial charge on any atom is 0.0541 e. The molecule has 2 nitrogen and oxygen atoms in total. The third kappa shape index (κ3) is 2.58. The van der Waals surface area contributed by atoms with Crippen molar-refractivity contribution in [2.24, 2.45) is 0 Å². The molecule has 2 heterocycles. The first-order valence-corrected chi connectivity index (χ1v) is 9.22. The van der Waals surface area contributed by atoms with Crippen LogP contribution < -0.4 is 5.32 Å². The van der Waals surface area contributed by atoms with Crippen LogP contribution in [0.5, 0.6) is 0 Å². The van der Waals surface area contributed by atoms with Gasteiger partial charge >= 0.3 is 0 Å². The van der Waals surface area contributed by atoms with Gasteiger partial charge in [0.1, 0.15) is 0 Å². The lowest BCUT2D eigenvalue weighted by Gasteiger charge is -2.15. The summed E-state index contributed by atoms with van der Waals surface area (Å²) in [5.74, 6) is 0. The lowest BCUT2D eigenvalue weighted by atomic mass is 10.0. The largest absolute Gasteiger partial charge is 0.381 e. The first-order valence-electron chi connectivity index (χ1n) is 9.22. The molecule has 0 aliphatic carbocycles. The summed E-state index contributed by atoms with van der Waals surface area (Å²) in [5.41, 5.74) is 6.84. The second-order valence-electron chi connectivity index (χ2n) is 6.79. The number of hydrogen-bond acceptors (Lipinski definition) is 1. The Morgan fingerprint density at radius 3 is 2.26 bits per heavy atom. The van der Waals surface area contributed by atoms with Crippen molar-refractivity contribution in [1.82, 2.24) is 4.57 Å². The maximum atomic E-state index is 4.28. The van der Waals surface area contributed by atoms with E-state index in [1.165, 1.54) is 21.8 Å². The number of aromatic nitrogens is 1. The van der Waals surface area contributed by atoms with Crippen molar-refractivity contribution in [3.63, 3.8) is 0 Å². The van der Waals surface area contributed by atoms with Crippen molar-refractivity contribution in [3.05, 3.63) is 103 Å². The van der Waals surface area contributed by atoms with E-state index in [0.717, 1.165) is 29.1 Å². The third-order valence-corrected chi connectivity index (χ3v) is 5.14. The van der Waals surface area contributed by atoms with Crippen LogP contribution in [0.3, 0.4) is 0 Å². The molecule has 3 aromatic carbocycles. The molecule has 0 unspecified atom stereocenters. The zero-order chi connectivity index (χ0) is 18.2. The van der Waals surface area contributed by atoms with Crippen molar-refractivity contribution < 1.29 is 0 Å². The highest BCUT2D eigenvalue weighted by Gasteiger charge is 2.13. The summed E-state index contributed by atoms with van der Waals surface area (Å²) >= 11 is 0. The summed E-state index contributed by atoms with van der Waals surface area (Å²) in [7, 11) is 0. The van der Waals surface area contributed by atoms with E-state index in [1.807, 2.05) is 6.08 Å². The molecule has 27 heavy (non-hydrogen) atoms. The fourth-order valence-corrected chi connectivity index (χ4v) is 3.87. The minimum absolute atomic E-state index is 0.805. The lowest BCUT2D eigenvalue weighted by Crippen LogP contribution is -2.02. The zero-order valence-electron chi connectivity index (χ0n) is 15.0. The maximum absolute atomic E-state index is 4.28. The summed E-state index contributed by atoms with van der Waals surface area (Å²) in [6.07, 6.45) is 8.28. The average Bonchev–Trinajstić information content (AvgIpc) is 3.08. The predicted octanol–water partition coefficient (Wildman–Crippen LogP) is 6.33. The Morgan fingerprint density at radius 1 is 0.815 bits per heavy atom.